The molecule has 0 fully saturated rings. The molecule has 1 aromatic heterocycles. The minimum Gasteiger partial charge on any atom is -0.316 e. The maximum Gasteiger partial charge on any atom is 0.295 e. The number of benzene rings is 3. The van der Waals surface area contributed by atoms with Gasteiger partial charge in [-0.3, -0.25) is 24.4 Å². The summed E-state index contributed by atoms with van der Waals surface area (Å²) >= 11 is 0. The normalized spacial score (nSPS) is 11.3. The van der Waals surface area contributed by atoms with Crippen molar-refractivity contribution in [2.24, 2.45) is 7.05 Å². The van der Waals surface area contributed by atoms with Crippen LogP contribution >= 0.6 is 0 Å². The minimum absolute atomic E-state index is 0.0776. The van der Waals surface area contributed by atoms with Gasteiger partial charge in [-0.25, -0.2) is 4.68 Å². The van der Waals surface area contributed by atoms with Crippen LogP contribution in [-0.2, 0) is 11.8 Å². The highest BCUT2D eigenvalue weighted by molar-refractivity contribution is 6.29. The van der Waals surface area contributed by atoms with Crippen LogP contribution < -0.4 is 10.9 Å². The van der Waals surface area contributed by atoms with E-state index in [0.29, 0.717) is 22.5 Å². The van der Waals surface area contributed by atoms with Crippen LogP contribution in [0.15, 0.2) is 89.7 Å². The second-order valence-corrected chi connectivity index (χ2v) is 7.67. The van der Waals surface area contributed by atoms with E-state index >= 15 is 0 Å². The average Bonchev–Trinajstić information content (AvgIpc) is 3.06. The molecule has 0 spiro atoms. The first-order valence-electron chi connectivity index (χ1n) is 10.5. The van der Waals surface area contributed by atoms with Crippen molar-refractivity contribution in [3.8, 4) is 5.69 Å². The number of para-hydroxylation sites is 1. The lowest BCUT2D eigenvalue weighted by molar-refractivity contribution is -0.384. The number of amides is 1. The van der Waals surface area contributed by atoms with Gasteiger partial charge in [-0.1, -0.05) is 60.7 Å². The van der Waals surface area contributed by atoms with Crippen LogP contribution in [-0.4, -0.2) is 20.2 Å². The summed E-state index contributed by atoms with van der Waals surface area (Å²) in [7, 11) is 1.75. The number of aromatic nitrogens is 2. The number of rotatable bonds is 6. The summed E-state index contributed by atoms with van der Waals surface area (Å²) in [5, 5.41) is 13.9. The van der Waals surface area contributed by atoms with E-state index in [9.17, 15) is 19.7 Å². The molecule has 0 unspecified atom stereocenters. The summed E-state index contributed by atoms with van der Waals surface area (Å²) in [5.41, 5.74) is 2.37. The maximum atomic E-state index is 13.4. The lowest BCUT2D eigenvalue weighted by atomic mass is 10.0. The number of nitro benzene ring substituents is 1. The summed E-state index contributed by atoms with van der Waals surface area (Å²) in [5.74, 6) is -0.497. The number of nitrogens with zero attached hydrogens (tertiary/aromatic N) is 3. The molecule has 0 aliphatic rings. The van der Waals surface area contributed by atoms with Crippen LogP contribution in [0.5, 0.6) is 0 Å². The van der Waals surface area contributed by atoms with E-state index in [-0.39, 0.29) is 22.5 Å². The number of carbonyl (C=O) groups excluding carboxylic acids is 1. The Bertz CT molecular complexity index is 1450. The van der Waals surface area contributed by atoms with Crippen molar-refractivity contribution in [2.45, 2.75) is 6.92 Å². The van der Waals surface area contributed by atoms with Crippen LogP contribution in [0.1, 0.15) is 16.8 Å². The predicted octanol–water partition coefficient (Wildman–Crippen LogP) is 4.57. The molecule has 1 heterocycles. The number of carbonyl (C=O) groups is 1. The van der Waals surface area contributed by atoms with Crippen molar-refractivity contribution in [3.05, 3.63) is 122 Å². The Morgan fingerprint density at radius 3 is 2.26 bits per heavy atom. The smallest absolute Gasteiger partial charge is 0.295 e. The molecular formula is C26H22N4O4. The zero-order chi connectivity index (χ0) is 24.2. The summed E-state index contributed by atoms with van der Waals surface area (Å²) in [4.78, 5) is 37.3. The van der Waals surface area contributed by atoms with Crippen LogP contribution in [0, 0.1) is 17.0 Å². The predicted molar refractivity (Wildman–Crippen MR) is 132 cm³/mol. The van der Waals surface area contributed by atoms with Crippen LogP contribution in [0.3, 0.4) is 0 Å². The summed E-state index contributed by atoms with van der Waals surface area (Å²) in [6.07, 6.45) is 1.58. The molecule has 0 radical (unpaired) electrons. The van der Waals surface area contributed by atoms with Crippen LogP contribution in [0.25, 0.3) is 17.3 Å². The largest absolute Gasteiger partial charge is 0.316 e. The first-order valence-corrected chi connectivity index (χ1v) is 10.5. The van der Waals surface area contributed by atoms with E-state index in [1.807, 2.05) is 36.4 Å². The van der Waals surface area contributed by atoms with E-state index < -0.39 is 10.8 Å². The van der Waals surface area contributed by atoms with Gasteiger partial charge < -0.3 is 5.32 Å². The van der Waals surface area contributed by atoms with E-state index in [1.54, 1.807) is 61.1 Å². The fourth-order valence-electron chi connectivity index (χ4n) is 3.69. The highest BCUT2D eigenvalue weighted by Gasteiger charge is 2.21. The first kappa shape index (κ1) is 22.5. The summed E-state index contributed by atoms with van der Waals surface area (Å²) < 4.78 is 3.16. The number of hydrogen-bond donors (Lipinski definition) is 1. The lowest BCUT2D eigenvalue weighted by Crippen LogP contribution is -2.23. The standard InChI is InChI=1S/C26H22N4O4/c1-18-24(26(32)29(28(18)2)21-13-7-4-8-14-21)27-25(31)23(20-11-5-3-6-12-20)17-19-10-9-15-22(16-19)30(33)34/h3-17H,1-2H3,(H,27,31)/b23-17+. The van der Waals surface area contributed by atoms with Crippen LogP contribution in [0.4, 0.5) is 11.4 Å². The molecule has 170 valence electrons. The molecule has 3 aromatic carbocycles. The summed E-state index contributed by atoms with van der Waals surface area (Å²) in [6, 6.07) is 24.1. The van der Waals surface area contributed by atoms with Gasteiger partial charge in [0.2, 0.25) is 0 Å². The van der Waals surface area contributed by atoms with Gasteiger partial charge in [0.25, 0.3) is 17.2 Å². The van der Waals surface area contributed by atoms with Crippen molar-refractivity contribution < 1.29 is 9.72 Å². The topological polar surface area (TPSA) is 99.2 Å². The Kier molecular flexibility index (Phi) is 6.22. The average molecular weight is 454 g/mol. The molecule has 8 nitrogen and oxygen atoms in total. The van der Waals surface area contributed by atoms with Gasteiger partial charge in [0.15, 0.2) is 0 Å². The molecule has 0 aliphatic heterocycles. The van der Waals surface area contributed by atoms with Crippen molar-refractivity contribution in [1.82, 2.24) is 9.36 Å². The van der Waals surface area contributed by atoms with Crippen molar-refractivity contribution in [1.29, 1.82) is 0 Å². The van der Waals surface area contributed by atoms with Gasteiger partial charge in [-0.2, -0.15) is 0 Å². The fourth-order valence-corrected chi connectivity index (χ4v) is 3.69. The van der Waals surface area contributed by atoms with Gasteiger partial charge in [0.1, 0.15) is 5.69 Å². The molecule has 0 saturated heterocycles. The van der Waals surface area contributed by atoms with Crippen LogP contribution in [0.2, 0.25) is 0 Å². The quantitative estimate of drug-likeness (QED) is 0.200. The molecule has 0 bridgehead atoms. The van der Waals surface area contributed by atoms with Gasteiger partial charge >= 0.3 is 0 Å². The molecule has 1 N–H and O–H groups in total. The van der Waals surface area contributed by atoms with E-state index in [4.69, 9.17) is 0 Å². The molecule has 8 heteroatoms. The molecular weight excluding hydrogens is 432 g/mol. The monoisotopic (exact) mass is 454 g/mol. The summed E-state index contributed by atoms with van der Waals surface area (Å²) in [6.45, 7) is 1.75. The first-order chi connectivity index (χ1) is 16.4. The molecule has 4 rings (SSSR count). The molecule has 1 amide bonds. The second kappa shape index (κ2) is 9.41. The molecule has 0 saturated carbocycles. The third-order valence-electron chi connectivity index (χ3n) is 5.51. The Balaban J connectivity index is 1.77. The van der Waals surface area contributed by atoms with E-state index in [0.717, 1.165) is 0 Å². The zero-order valence-corrected chi connectivity index (χ0v) is 18.6. The third kappa shape index (κ3) is 4.42. The highest BCUT2D eigenvalue weighted by Crippen LogP contribution is 2.23. The molecule has 4 aromatic rings. The number of anilines is 1. The van der Waals surface area contributed by atoms with Gasteiger partial charge in [-0.05, 0) is 36.3 Å². The van der Waals surface area contributed by atoms with Crippen molar-refractivity contribution in [3.63, 3.8) is 0 Å². The fraction of sp³-hybridized carbons (Fsp3) is 0.0769. The molecule has 34 heavy (non-hydrogen) atoms. The lowest BCUT2D eigenvalue weighted by Gasteiger charge is -2.09. The third-order valence-corrected chi connectivity index (χ3v) is 5.51. The zero-order valence-electron chi connectivity index (χ0n) is 18.6. The van der Waals surface area contributed by atoms with E-state index in [2.05, 4.69) is 5.32 Å². The number of non-ortho nitro benzene ring substituents is 1. The van der Waals surface area contributed by atoms with Gasteiger partial charge in [0.05, 0.1) is 16.3 Å². The van der Waals surface area contributed by atoms with Gasteiger partial charge in [0, 0.05) is 24.8 Å². The molecule has 0 aliphatic carbocycles. The number of hydrogen-bond acceptors (Lipinski definition) is 4. The Hall–Kier alpha value is -4.72. The maximum absolute atomic E-state index is 13.4. The minimum atomic E-state index is -0.497. The Morgan fingerprint density at radius 1 is 0.971 bits per heavy atom. The molecule has 0 atom stereocenters. The second-order valence-electron chi connectivity index (χ2n) is 7.67. The highest BCUT2D eigenvalue weighted by atomic mass is 16.6. The van der Waals surface area contributed by atoms with Crippen molar-refractivity contribution in [2.75, 3.05) is 5.32 Å². The van der Waals surface area contributed by atoms with Gasteiger partial charge in [-0.15, -0.1) is 0 Å². The van der Waals surface area contributed by atoms with E-state index in [1.165, 1.54) is 16.8 Å². The number of nitro groups is 1. The number of nitrogens with one attached hydrogen (secondary N) is 1. The Labute approximate surface area is 195 Å². The Morgan fingerprint density at radius 2 is 1.62 bits per heavy atom. The SMILES string of the molecule is Cc1c(NC(=O)/C(=C/c2cccc([N+](=O)[O-])c2)c2ccccc2)c(=O)n(-c2ccccc2)n1C. The van der Waals surface area contributed by atoms with Crippen molar-refractivity contribution >= 4 is 28.9 Å².